The topological polar surface area (TPSA) is 43.4 Å². The molecule has 0 radical (unpaired) electrons. The van der Waals surface area contributed by atoms with E-state index < -0.39 is 0 Å². The average Bonchev–Trinajstić information content (AvgIpc) is 2.48. The summed E-state index contributed by atoms with van der Waals surface area (Å²) in [7, 11) is 1.52. The quantitative estimate of drug-likeness (QED) is 0.701. The minimum atomic E-state index is -0.262. The highest BCUT2D eigenvalue weighted by atomic mass is 16.5. The fourth-order valence-electron chi connectivity index (χ4n) is 5.67. The molecule has 0 amide bonds. The van der Waals surface area contributed by atoms with Crippen LogP contribution in [0.4, 0.5) is 0 Å². The Bertz CT molecular complexity index is 650. The maximum absolute atomic E-state index is 13.4. The van der Waals surface area contributed by atoms with Crippen molar-refractivity contribution in [3.05, 3.63) is 23.0 Å². The first-order valence-electron chi connectivity index (χ1n) is 9.23. The molecular weight excluding hydrogens is 300 g/mol. The van der Waals surface area contributed by atoms with Crippen LogP contribution in [-0.4, -0.2) is 18.7 Å². The van der Waals surface area contributed by atoms with Crippen molar-refractivity contribution in [2.45, 2.75) is 60.3 Å². The molecule has 0 unspecified atom stereocenters. The standard InChI is InChI=1S/C21H30O3/c1-12(2)15-17(22)13-8-9-14-20(3,4)10-7-11-21(14,5)16(13)18(23)19(15)24-6/h9,12-13,16H,7-8,10-11H2,1-6H3/t13-,16+,21+/m1/s1. The van der Waals surface area contributed by atoms with Crippen LogP contribution in [0.5, 0.6) is 0 Å². The number of methoxy groups -OCH3 is 1. The van der Waals surface area contributed by atoms with Gasteiger partial charge in [-0.1, -0.05) is 52.7 Å². The molecule has 24 heavy (non-hydrogen) atoms. The van der Waals surface area contributed by atoms with Crippen molar-refractivity contribution in [1.29, 1.82) is 0 Å². The molecule has 0 N–H and O–H groups in total. The zero-order valence-corrected chi connectivity index (χ0v) is 15.9. The van der Waals surface area contributed by atoms with Crippen molar-refractivity contribution >= 4 is 11.6 Å². The summed E-state index contributed by atoms with van der Waals surface area (Å²) < 4.78 is 5.46. The van der Waals surface area contributed by atoms with E-state index in [4.69, 9.17) is 4.74 Å². The van der Waals surface area contributed by atoms with E-state index in [9.17, 15) is 9.59 Å². The Morgan fingerprint density at radius 1 is 1.12 bits per heavy atom. The molecule has 0 bridgehead atoms. The van der Waals surface area contributed by atoms with Gasteiger partial charge in [-0.05, 0) is 36.0 Å². The predicted octanol–water partition coefficient (Wildman–Crippen LogP) is 4.47. The molecule has 3 aliphatic carbocycles. The molecule has 0 saturated heterocycles. The minimum Gasteiger partial charge on any atom is -0.493 e. The van der Waals surface area contributed by atoms with Crippen LogP contribution in [0.1, 0.15) is 60.3 Å². The summed E-state index contributed by atoms with van der Waals surface area (Å²) in [6.07, 6.45) is 6.21. The van der Waals surface area contributed by atoms with E-state index in [2.05, 4.69) is 26.8 Å². The molecule has 0 aliphatic heterocycles. The Morgan fingerprint density at radius 3 is 2.38 bits per heavy atom. The Balaban J connectivity index is 2.15. The van der Waals surface area contributed by atoms with Gasteiger partial charge in [-0.2, -0.15) is 0 Å². The van der Waals surface area contributed by atoms with Gasteiger partial charge in [0.1, 0.15) is 0 Å². The molecular formula is C21H30O3. The second-order valence-corrected chi connectivity index (χ2v) is 8.92. The molecule has 3 atom stereocenters. The molecule has 3 heteroatoms. The molecule has 132 valence electrons. The number of Topliss-reactive ketones (excluding diaryl/α,β-unsaturated/α-hetero) is 2. The lowest BCUT2D eigenvalue weighted by Crippen LogP contribution is -2.53. The number of hydrogen-bond acceptors (Lipinski definition) is 3. The monoisotopic (exact) mass is 330 g/mol. The predicted molar refractivity (Wildman–Crippen MR) is 94.3 cm³/mol. The van der Waals surface area contributed by atoms with Gasteiger partial charge in [0, 0.05) is 17.4 Å². The number of ether oxygens (including phenoxy) is 1. The smallest absolute Gasteiger partial charge is 0.202 e. The van der Waals surface area contributed by atoms with Crippen LogP contribution >= 0.6 is 0 Å². The van der Waals surface area contributed by atoms with Crippen LogP contribution in [0.2, 0.25) is 0 Å². The van der Waals surface area contributed by atoms with E-state index in [1.165, 1.54) is 12.7 Å². The summed E-state index contributed by atoms with van der Waals surface area (Å²) >= 11 is 0. The number of carbonyl (C=O) groups excluding carboxylic acids is 2. The van der Waals surface area contributed by atoms with Crippen LogP contribution in [0.25, 0.3) is 0 Å². The van der Waals surface area contributed by atoms with Crippen molar-refractivity contribution in [2.75, 3.05) is 7.11 Å². The minimum absolute atomic E-state index is 0.0123. The Hall–Kier alpha value is -1.38. The van der Waals surface area contributed by atoms with Gasteiger partial charge in [0.25, 0.3) is 0 Å². The highest BCUT2D eigenvalue weighted by molar-refractivity contribution is 6.13. The third-order valence-corrected chi connectivity index (χ3v) is 6.64. The van der Waals surface area contributed by atoms with E-state index in [1.54, 1.807) is 0 Å². The second-order valence-electron chi connectivity index (χ2n) is 8.92. The number of fused-ring (bicyclic) bond motifs is 3. The van der Waals surface area contributed by atoms with Crippen molar-refractivity contribution in [1.82, 2.24) is 0 Å². The van der Waals surface area contributed by atoms with Gasteiger partial charge in [0.2, 0.25) is 5.78 Å². The third kappa shape index (κ3) is 2.23. The van der Waals surface area contributed by atoms with E-state index in [0.717, 1.165) is 19.3 Å². The Kier molecular flexibility index (Phi) is 4.05. The highest BCUT2D eigenvalue weighted by Gasteiger charge is 2.58. The van der Waals surface area contributed by atoms with Gasteiger partial charge in [-0.25, -0.2) is 0 Å². The summed E-state index contributed by atoms with van der Waals surface area (Å²) in [5, 5.41) is 0. The van der Waals surface area contributed by atoms with Crippen molar-refractivity contribution in [2.24, 2.45) is 28.6 Å². The second kappa shape index (κ2) is 5.57. The third-order valence-electron chi connectivity index (χ3n) is 6.64. The van der Waals surface area contributed by atoms with Gasteiger partial charge in [-0.3, -0.25) is 9.59 Å². The van der Waals surface area contributed by atoms with E-state index in [0.29, 0.717) is 17.8 Å². The molecule has 1 saturated carbocycles. The summed E-state index contributed by atoms with van der Waals surface area (Å²) in [5.74, 6) is 0.0434. The maximum Gasteiger partial charge on any atom is 0.202 e. The molecule has 1 fully saturated rings. The molecule has 0 heterocycles. The van der Waals surface area contributed by atoms with Gasteiger partial charge >= 0.3 is 0 Å². The summed E-state index contributed by atoms with van der Waals surface area (Å²) in [6, 6.07) is 0. The van der Waals surface area contributed by atoms with Crippen molar-refractivity contribution in [3.63, 3.8) is 0 Å². The van der Waals surface area contributed by atoms with E-state index >= 15 is 0 Å². The van der Waals surface area contributed by atoms with Crippen LogP contribution in [0, 0.1) is 28.6 Å². The number of allylic oxidation sites excluding steroid dienone is 4. The number of ketones is 2. The van der Waals surface area contributed by atoms with Crippen LogP contribution in [0.3, 0.4) is 0 Å². The summed E-state index contributed by atoms with van der Waals surface area (Å²) in [4.78, 5) is 26.5. The SMILES string of the molecule is COC1=C(C(C)C)C(=O)[C@@H]2CC=C3C(C)(C)CCC[C@]3(C)[C@@H]2C1=O. The zero-order valence-electron chi connectivity index (χ0n) is 15.9. The average molecular weight is 330 g/mol. The lowest BCUT2D eigenvalue weighted by atomic mass is 9.48. The van der Waals surface area contributed by atoms with Crippen molar-refractivity contribution < 1.29 is 14.3 Å². The fourth-order valence-corrected chi connectivity index (χ4v) is 5.67. The lowest BCUT2D eigenvalue weighted by Gasteiger charge is -2.54. The zero-order chi connectivity index (χ0) is 17.9. The number of rotatable bonds is 2. The Labute approximate surface area is 145 Å². The van der Waals surface area contributed by atoms with Gasteiger partial charge in [0.15, 0.2) is 11.5 Å². The normalized spacial score (nSPS) is 35.5. The first-order valence-corrected chi connectivity index (χ1v) is 9.23. The van der Waals surface area contributed by atoms with Gasteiger partial charge in [0.05, 0.1) is 7.11 Å². The van der Waals surface area contributed by atoms with Crippen molar-refractivity contribution in [3.8, 4) is 0 Å². The molecule has 0 spiro atoms. The molecule has 3 aliphatic rings. The Morgan fingerprint density at radius 2 is 1.79 bits per heavy atom. The number of hydrogen-bond donors (Lipinski definition) is 0. The fraction of sp³-hybridized carbons (Fsp3) is 0.714. The lowest BCUT2D eigenvalue weighted by molar-refractivity contribution is -0.139. The van der Waals surface area contributed by atoms with Crippen LogP contribution in [0.15, 0.2) is 23.0 Å². The number of carbonyl (C=O) groups is 2. The van der Waals surface area contributed by atoms with Gasteiger partial charge < -0.3 is 4.74 Å². The largest absolute Gasteiger partial charge is 0.493 e. The van der Waals surface area contributed by atoms with Crippen LogP contribution < -0.4 is 0 Å². The summed E-state index contributed by atoms with van der Waals surface area (Å²) in [6.45, 7) is 10.7. The van der Waals surface area contributed by atoms with E-state index in [-0.39, 0.29) is 40.2 Å². The maximum atomic E-state index is 13.4. The summed E-state index contributed by atoms with van der Waals surface area (Å²) in [5.41, 5.74) is 1.87. The molecule has 3 rings (SSSR count). The van der Waals surface area contributed by atoms with Crippen LogP contribution in [-0.2, 0) is 14.3 Å². The molecule has 0 aromatic heterocycles. The first kappa shape index (κ1) is 17.4. The molecule has 3 nitrogen and oxygen atoms in total. The first-order chi connectivity index (χ1) is 11.1. The van der Waals surface area contributed by atoms with E-state index in [1.807, 2.05) is 13.8 Å². The molecule has 0 aromatic rings. The highest BCUT2D eigenvalue weighted by Crippen LogP contribution is 2.60. The van der Waals surface area contributed by atoms with Gasteiger partial charge in [-0.15, -0.1) is 0 Å². The molecule has 0 aromatic carbocycles.